The van der Waals surface area contributed by atoms with E-state index in [4.69, 9.17) is 5.26 Å². The Morgan fingerprint density at radius 2 is 2.18 bits per heavy atom. The van der Waals surface area contributed by atoms with Crippen LogP contribution in [0.1, 0.15) is 19.8 Å². The standard InChI is InChI=1S/C14H19N3/c1-12-8-10-17(13-5-3-2-4-6-13)14(7-9-15)11-16-12/h2-6,12,14,16H,7-8,10-11H2,1H3. The van der Waals surface area contributed by atoms with Crippen molar-refractivity contribution in [1.29, 1.82) is 5.26 Å². The van der Waals surface area contributed by atoms with Crippen molar-refractivity contribution >= 4 is 5.69 Å². The third-order valence-corrected chi connectivity index (χ3v) is 3.36. The Labute approximate surface area is 103 Å². The van der Waals surface area contributed by atoms with Gasteiger partial charge in [0.05, 0.1) is 18.5 Å². The van der Waals surface area contributed by atoms with E-state index in [9.17, 15) is 0 Å². The van der Waals surface area contributed by atoms with Crippen LogP contribution in [0.3, 0.4) is 0 Å². The molecule has 1 saturated heterocycles. The second-order valence-electron chi connectivity index (χ2n) is 4.64. The zero-order chi connectivity index (χ0) is 12.1. The molecule has 0 aromatic heterocycles. The maximum Gasteiger partial charge on any atom is 0.0643 e. The van der Waals surface area contributed by atoms with E-state index >= 15 is 0 Å². The first-order chi connectivity index (χ1) is 8.31. The van der Waals surface area contributed by atoms with Gasteiger partial charge in [0, 0.05) is 24.8 Å². The average molecular weight is 229 g/mol. The molecule has 1 aliphatic heterocycles. The Morgan fingerprint density at radius 3 is 2.88 bits per heavy atom. The van der Waals surface area contributed by atoms with E-state index < -0.39 is 0 Å². The lowest BCUT2D eigenvalue weighted by Gasteiger charge is -2.30. The van der Waals surface area contributed by atoms with Crippen LogP contribution in [0.2, 0.25) is 0 Å². The Morgan fingerprint density at radius 1 is 1.41 bits per heavy atom. The van der Waals surface area contributed by atoms with E-state index in [-0.39, 0.29) is 6.04 Å². The van der Waals surface area contributed by atoms with E-state index in [1.54, 1.807) is 0 Å². The molecule has 2 unspecified atom stereocenters. The number of rotatable bonds is 2. The van der Waals surface area contributed by atoms with Crippen LogP contribution in [0.5, 0.6) is 0 Å². The molecule has 0 spiro atoms. The van der Waals surface area contributed by atoms with Gasteiger partial charge in [-0.2, -0.15) is 5.26 Å². The van der Waals surface area contributed by atoms with Crippen molar-refractivity contribution in [3.05, 3.63) is 30.3 Å². The van der Waals surface area contributed by atoms with Crippen molar-refractivity contribution in [3.63, 3.8) is 0 Å². The number of hydrogen-bond donors (Lipinski definition) is 1. The molecule has 3 nitrogen and oxygen atoms in total. The highest BCUT2D eigenvalue weighted by Gasteiger charge is 2.22. The SMILES string of the molecule is CC1CCN(c2ccccc2)C(CC#N)CN1. The fourth-order valence-electron chi connectivity index (χ4n) is 2.31. The van der Waals surface area contributed by atoms with E-state index in [1.807, 2.05) is 6.07 Å². The quantitative estimate of drug-likeness (QED) is 0.844. The monoisotopic (exact) mass is 229 g/mol. The summed E-state index contributed by atoms with van der Waals surface area (Å²) in [6.45, 7) is 4.12. The lowest BCUT2D eigenvalue weighted by atomic mass is 10.1. The van der Waals surface area contributed by atoms with E-state index in [0.29, 0.717) is 12.5 Å². The van der Waals surface area contributed by atoms with Crippen LogP contribution >= 0.6 is 0 Å². The molecule has 0 bridgehead atoms. The van der Waals surface area contributed by atoms with Crippen LogP contribution in [0, 0.1) is 11.3 Å². The van der Waals surface area contributed by atoms with Crippen molar-refractivity contribution in [1.82, 2.24) is 5.32 Å². The maximum atomic E-state index is 8.94. The first kappa shape index (κ1) is 11.9. The molecule has 0 amide bonds. The summed E-state index contributed by atoms with van der Waals surface area (Å²) in [4.78, 5) is 2.36. The molecule has 1 heterocycles. The second kappa shape index (κ2) is 5.70. The largest absolute Gasteiger partial charge is 0.366 e. The number of nitriles is 1. The van der Waals surface area contributed by atoms with Gasteiger partial charge in [-0.15, -0.1) is 0 Å². The molecular formula is C14H19N3. The summed E-state index contributed by atoms with van der Waals surface area (Å²) < 4.78 is 0. The molecule has 2 rings (SSSR count). The van der Waals surface area contributed by atoms with Crippen LogP contribution in [-0.2, 0) is 0 Å². The number of para-hydroxylation sites is 1. The van der Waals surface area contributed by atoms with Crippen molar-refractivity contribution in [2.24, 2.45) is 0 Å². The Balaban J connectivity index is 2.18. The van der Waals surface area contributed by atoms with Crippen molar-refractivity contribution < 1.29 is 0 Å². The van der Waals surface area contributed by atoms with Gasteiger partial charge in [-0.05, 0) is 25.5 Å². The van der Waals surface area contributed by atoms with Gasteiger partial charge in [-0.1, -0.05) is 18.2 Å². The molecule has 1 aliphatic rings. The van der Waals surface area contributed by atoms with Gasteiger partial charge < -0.3 is 10.2 Å². The maximum absolute atomic E-state index is 8.94. The minimum atomic E-state index is 0.285. The molecule has 90 valence electrons. The Kier molecular flexibility index (Phi) is 4.00. The summed E-state index contributed by atoms with van der Waals surface area (Å²) >= 11 is 0. The van der Waals surface area contributed by atoms with Crippen LogP contribution in [-0.4, -0.2) is 25.2 Å². The molecule has 17 heavy (non-hydrogen) atoms. The van der Waals surface area contributed by atoms with Crippen LogP contribution in [0.15, 0.2) is 30.3 Å². The minimum absolute atomic E-state index is 0.285. The number of anilines is 1. The molecule has 1 fully saturated rings. The fraction of sp³-hybridized carbons (Fsp3) is 0.500. The van der Waals surface area contributed by atoms with Gasteiger partial charge >= 0.3 is 0 Å². The van der Waals surface area contributed by atoms with Crippen LogP contribution in [0.25, 0.3) is 0 Å². The predicted molar refractivity (Wildman–Crippen MR) is 69.9 cm³/mol. The molecular weight excluding hydrogens is 210 g/mol. The Hall–Kier alpha value is -1.53. The van der Waals surface area contributed by atoms with E-state index in [1.165, 1.54) is 5.69 Å². The zero-order valence-electron chi connectivity index (χ0n) is 10.3. The van der Waals surface area contributed by atoms with Gasteiger partial charge in [-0.25, -0.2) is 0 Å². The van der Waals surface area contributed by atoms with Crippen molar-refractivity contribution in [2.75, 3.05) is 18.0 Å². The van der Waals surface area contributed by atoms with Gasteiger partial charge in [0.2, 0.25) is 0 Å². The molecule has 1 aromatic carbocycles. The third kappa shape index (κ3) is 2.98. The van der Waals surface area contributed by atoms with Crippen molar-refractivity contribution in [3.8, 4) is 6.07 Å². The highest BCUT2D eigenvalue weighted by molar-refractivity contribution is 5.47. The van der Waals surface area contributed by atoms with E-state index in [0.717, 1.165) is 19.5 Å². The van der Waals surface area contributed by atoms with E-state index in [2.05, 4.69) is 47.5 Å². The zero-order valence-corrected chi connectivity index (χ0v) is 10.3. The molecule has 0 radical (unpaired) electrons. The molecule has 0 saturated carbocycles. The highest BCUT2D eigenvalue weighted by atomic mass is 15.2. The summed E-state index contributed by atoms with van der Waals surface area (Å²) in [5, 5.41) is 12.4. The van der Waals surface area contributed by atoms with Crippen LogP contribution in [0.4, 0.5) is 5.69 Å². The summed E-state index contributed by atoms with van der Waals surface area (Å²) in [6.07, 6.45) is 1.70. The summed E-state index contributed by atoms with van der Waals surface area (Å²) in [5.41, 5.74) is 1.23. The summed E-state index contributed by atoms with van der Waals surface area (Å²) in [5.74, 6) is 0. The number of hydrogen-bond acceptors (Lipinski definition) is 3. The number of nitrogens with zero attached hydrogens (tertiary/aromatic N) is 2. The van der Waals surface area contributed by atoms with Gasteiger partial charge in [-0.3, -0.25) is 0 Å². The first-order valence-electron chi connectivity index (χ1n) is 6.23. The average Bonchev–Trinajstić information content (AvgIpc) is 2.54. The molecule has 1 aromatic rings. The third-order valence-electron chi connectivity index (χ3n) is 3.36. The van der Waals surface area contributed by atoms with Crippen molar-refractivity contribution in [2.45, 2.75) is 31.8 Å². The minimum Gasteiger partial charge on any atom is -0.366 e. The summed E-state index contributed by atoms with van der Waals surface area (Å²) in [7, 11) is 0. The van der Waals surface area contributed by atoms with Gasteiger partial charge in [0.1, 0.15) is 0 Å². The fourth-order valence-corrected chi connectivity index (χ4v) is 2.31. The topological polar surface area (TPSA) is 39.1 Å². The number of nitrogens with one attached hydrogen (secondary N) is 1. The first-order valence-corrected chi connectivity index (χ1v) is 6.23. The number of benzene rings is 1. The summed E-state index contributed by atoms with van der Waals surface area (Å²) in [6, 6.07) is 13.5. The molecule has 2 atom stereocenters. The predicted octanol–water partition coefficient (Wildman–Crippen LogP) is 2.16. The molecule has 0 aliphatic carbocycles. The van der Waals surface area contributed by atoms with Gasteiger partial charge in [0.25, 0.3) is 0 Å². The highest BCUT2D eigenvalue weighted by Crippen LogP contribution is 2.20. The second-order valence-corrected chi connectivity index (χ2v) is 4.64. The Bertz CT molecular complexity index is 382. The lowest BCUT2D eigenvalue weighted by Crippen LogP contribution is -2.40. The van der Waals surface area contributed by atoms with Crippen LogP contribution < -0.4 is 10.2 Å². The normalized spacial score (nSPS) is 25.1. The lowest BCUT2D eigenvalue weighted by molar-refractivity contribution is 0.538. The smallest absolute Gasteiger partial charge is 0.0643 e. The molecule has 3 heteroatoms. The van der Waals surface area contributed by atoms with Gasteiger partial charge in [0.15, 0.2) is 0 Å². The molecule has 1 N–H and O–H groups in total.